The van der Waals surface area contributed by atoms with E-state index in [1.807, 2.05) is 0 Å². The van der Waals surface area contributed by atoms with Gasteiger partial charge in [0, 0.05) is 61.4 Å². The number of aryl methyl sites for hydroxylation is 3. The third kappa shape index (κ3) is 4.50. The molecule has 290 valence electrons. The Hall–Kier alpha value is -7.24. The molecule has 2 aliphatic heterocycles. The first-order chi connectivity index (χ1) is 29.8. The van der Waals surface area contributed by atoms with Crippen LogP contribution in [0.5, 0.6) is 0 Å². The van der Waals surface area contributed by atoms with Crippen molar-refractivity contribution in [3.63, 3.8) is 0 Å². The summed E-state index contributed by atoms with van der Waals surface area (Å²) < 4.78 is 9.24. The number of aromatic nitrogens is 1. The van der Waals surface area contributed by atoms with Gasteiger partial charge in [-0.25, -0.2) is 0 Å². The molecule has 0 N–H and O–H groups in total. The lowest BCUT2D eigenvalue weighted by Crippen LogP contribution is -2.60. The molecule has 61 heavy (non-hydrogen) atoms. The lowest BCUT2D eigenvalue weighted by Gasteiger charge is -2.41. The molecule has 0 bridgehead atoms. The van der Waals surface area contributed by atoms with Crippen molar-refractivity contribution < 1.29 is 4.42 Å². The van der Waals surface area contributed by atoms with Crippen molar-refractivity contribution in [2.45, 2.75) is 40.0 Å². The maximum atomic E-state index is 6.60. The molecule has 0 atom stereocenters. The number of rotatable bonds is 4. The Morgan fingerprint density at radius 3 is 2.03 bits per heavy atom. The fourth-order valence-corrected chi connectivity index (χ4v) is 11.5. The van der Waals surface area contributed by atoms with E-state index in [0.29, 0.717) is 0 Å². The molecule has 0 amide bonds. The van der Waals surface area contributed by atoms with Gasteiger partial charge in [0.1, 0.15) is 11.2 Å². The SMILES string of the molecule is Cc1cc2c3c(c1)-n1c4c(c5cccc(c51)B3c1ccc(N(c3ccccc3C)c3ccccc3C)cc1N2c1cccc2oc3ccccc3c12)C(C)(C)c1ccccc1-4. The number of fused-ring (bicyclic) bond motifs is 12. The van der Waals surface area contributed by atoms with E-state index in [0.717, 1.165) is 33.3 Å². The van der Waals surface area contributed by atoms with Crippen molar-refractivity contribution in [3.05, 3.63) is 192 Å². The van der Waals surface area contributed by atoms with E-state index in [4.69, 9.17) is 4.42 Å². The summed E-state index contributed by atoms with van der Waals surface area (Å²) in [4.78, 5) is 5.01. The van der Waals surface area contributed by atoms with Crippen molar-refractivity contribution in [3.8, 4) is 16.9 Å². The van der Waals surface area contributed by atoms with Gasteiger partial charge in [0.2, 0.25) is 0 Å². The Morgan fingerprint density at radius 2 is 1.23 bits per heavy atom. The minimum Gasteiger partial charge on any atom is -0.456 e. The van der Waals surface area contributed by atoms with Crippen molar-refractivity contribution in [1.29, 1.82) is 0 Å². The lowest BCUT2D eigenvalue weighted by molar-refractivity contribution is 0.666. The van der Waals surface area contributed by atoms with Gasteiger partial charge in [0.25, 0.3) is 6.71 Å². The van der Waals surface area contributed by atoms with E-state index in [1.165, 1.54) is 94.8 Å². The molecule has 0 saturated heterocycles. The summed E-state index contributed by atoms with van der Waals surface area (Å²) in [5.74, 6) is 0. The highest BCUT2D eigenvalue weighted by atomic mass is 16.3. The normalized spacial score (nSPS) is 14.0. The summed E-state index contributed by atoms with van der Waals surface area (Å²) in [6.45, 7) is 11.5. The second kappa shape index (κ2) is 12.2. The number of anilines is 6. The zero-order valence-corrected chi connectivity index (χ0v) is 34.9. The van der Waals surface area contributed by atoms with Crippen molar-refractivity contribution in [2.24, 2.45) is 0 Å². The molecule has 0 unspecified atom stereocenters. The van der Waals surface area contributed by atoms with Crippen LogP contribution in [-0.4, -0.2) is 11.3 Å². The largest absolute Gasteiger partial charge is 0.456 e. The Balaban J connectivity index is 1.17. The van der Waals surface area contributed by atoms with E-state index in [1.54, 1.807) is 0 Å². The topological polar surface area (TPSA) is 24.6 Å². The highest BCUT2D eigenvalue weighted by molar-refractivity contribution is 7.00. The Morgan fingerprint density at radius 1 is 0.557 bits per heavy atom. The summed E-state index contributed by atoms with van der Waals surface area (Å²) >= 11 is 0. The monoisotopic (exact) mass is 783 g/mol. The molecule has 5 heteroatoms. The van der Waals surface area contributed by atoms with E-state index in [9.17, 15) is 0 Å². The second-order valence-electron chi connectivity index (χ2n) is 17.9. The summed E-state index contributed by atoms with van der Waals surface area (Å²) in [5.41, 5.74) is 24.3. The van der Waals surface area contributed by atoms with Crippen molar-refractivity contribution in [2.75, 3.05) is 9.80 Å². The average molecular weight is 784 g/mol. The van der Waals surface area contributed by atoms with Crippen LogP contribution in [0.3, 0.4) is 0 Å². The first-order valence-corrected chi connectivity index (χ1v) is 21.5. The molecule has 3 aliphatic rings. The summed E-state index contributed by atoms with van der Waals surface area (Å²) in [7, 11) is 0. The molecule has 8 aromatic carbocycles. The third-order valence-corrected chi connectivity index (χ3v) is 14.0. The highest BCUT2D eigenvalue weighted by Gasteiger charge is 2.47. The Bertz CT molecular complexity index is 3490. The smallest absolute Gasteiger partial charge is 0.252 e. The maximum absolute atomic E-state index is 6.60. The van der Waals surface area contributed by atoms with Gasteiger partial charge in [0.05, 0.1) is 16.8 Å². The van der Waals surface area contributed by atoms with Gasteiger partial charge in [-0.1, -0.05) is 123 Å². The number of furan rings is 1. The molecule has 0 fully saturated rings. The van der Waals surface area contributed by atoms with Gasteiger partial charge in [-0.2, -0.15) is 0 Å². The van der Waals surface area contributed by atoms with E-state index in [-0.39, 0.29) is 12.1 Å². The number of benzene rings is 8. The first kappa shape index (κ1) is 34.6. The van der Waals surface area contributed by atoms with Gasteiger partial charge in [-0.3, -0.25) is 0 Å². The standard InChI is InChI=1S/C56H42BN3O/c1-33-30-47-53-48(31-33)60-54-39(52-55(60)37-18-8-10-21-40(37)56(52,4)5)20-14-22-42(54)57(53)41-29-28-36(58(43-23-11-6-16-34(43)2)44-24-12-7-17-35(44)3)32-46(41)59(47)45-25-15-27-50-51(45)38-19-9-13-26-49(38)61-50/h6-32H,1-5H3. The minimum absolute atomic E-state index is 0.0150. The molecule has 13 rings (SSSR count). The molecule has 0 radical (unpaired) electrons. The minimum atomic E-state index is -0.147. The van der Waals surface area contributed by atoms with Gasteiger partial charge >= 0.3 is 0 Å². The predicted octanol–water partition coefficient (Wildman–Crippen LogP) is 12.8. The van der Waals surface area contributed by atoms with Crippen LogP contribution in [0.25, 0.3) is 49.8 Å². The van der Waals surface area contributed by atoms with Crippen LogP contribution in [0.15, 0.2) is 168 Å². The average Bonchev–Trinajstić information content (AvgIpc) is 3.91. The number of para-hydroxylation sites is 4. The van der Waals surface area contributed by atoms with Gasteiger partial charge in [0.15, 0.2) is 0 Å². The van der Waals surface area contributed by atoms with Gasteiger partial charge in [-0.05, 0) is 120 Å². The Labute approximate surface area is 356 Å². The quantitative estimate of drug-likeness (QED) is 0.166. The molecule has 2 aromatic heterocycles. The number of nitrogens with zero attached hydrogens (tertiary/aromatic N) is 3. The highest BCUT2D eigenvalue weighted by Crippen LogP contribution is 2.55. The molecule has 0 saturated carbocycles. The number of hydrogen-bond acceptors (Lipinski definition) is 3. The van der Waals surface area contributed by atoms with E-state index in [2.05, 4.69) is 213 Å². The lowest BCUT2D eigenvalue weighted by atomic mass is 9.33. The zero-order chi connectivity index (χ0) is 40.9. The van der Waals surface area contributed by atoms with Crippen molar-refractivity contribution >= 4 is 90.1 Å². The zero-order valence-electron chi connectivity index (χ0n) is 34.9. The van der Waals surface area contributed by atoms with E-state index >= 15 is 0 Å². The maximum Gasteiger partial charge on any atom is 0.252 e. The molecular formula is C56H42BN3O. The number of hydrogen-bond donors (Lipinski definition) is 0. The molecular weight excluding hydrogens is 741 g/mol. The third-order valence-electron chi connectivity index (χ3n) is 14.0. The van der Waals surface area contributed by atoms with Crippen LogP contribution in [0.1, 0.15) is 41.7 Å². The molecule has 1 aliphatic carbocycles. The van der Waals surface area contributed by atoms with E-state index < -0.39 is 0 Å². The van der Waals surface area contributed by atoms with Crippen LogP contribution in [-0.2, 0) is 5.41 Å². The summed E-state index contributed by atoms with van der Waals surface area (Å²) in [5, 5.41) is 3.59. The van der Waals surface area contributed by atoms with Crippen LogP contribution in [0.2, 0.25) is 0 Å². The fourth-order valence-electron chi connectivity index (χ4n) is 11.5. The molecule has 0 spiro atoms. The molecule has 4 heterocycles. The summed E-state index contributed by atoms with van der Waals surface area (Å²) in [6, 6.07) is 60.8. The van der Waals surface area contributed by atoms with Crippen LogP contribution in [0, 0.1) is 20.8 Å². The van der Waals surface area contributed by atoms with Crippen LogP contribution >= 0.6 is 0 Å². The van der Waals surface area contributed by atoms with Gasteiger partial charge in [-0.15, -0.1) is 0 Å². The molecule has 10 aromatic rings. The molecule has 4 nitrogen and oxygen atoms in total. The second-order valence-corrected chi connectivity index (χ2v) is 17.9. The predicted molar refractivity (Wildman–Crippen MR) is 256 cm³/mol. The Kier molecular flexibility index (Phi) is 6.91. The van der Waals surface area contributed by atoms with Crippen molar-refractivity contribution in [1.82, 2.24) is 4.57 Å². The fraction of sp³-hybridized carbons (Fsp3) is 0.107. The van der Waals surface area contributed by atoms with Crippen LogP contribution in [0.4, 0.5) is 34.1 Å². The first-order valence-electron chi connectivity index (χ1n) is 21.5. The summed E-state index contributed by atoms with van der Waals surface area (Å²) in [6.07, 6.45) is 0. The van der Waals surface area contributed by atoms with Crippen LogP contribution < -0.4 is 26.2 Å². The van der Waals surface area contributed by atoms with Gasteiger partial charge < -0.3 is 18.8 Å².